The van der Waals surface area contributed by atoms with Gasteiger partial charge in [-0.2, -0.15) is 0 Å². The van der Waals surface area contributed by atoms with Crippen molar-refractivity contribution in [2.24, 2.45) is 0 Å². The molecule has 2 amide bonds. The topological polar surface area (TPSA) is 67.9 Å². The molecule has 2 aromatic rings. The van der Waals surface area contributed by atoms with Crippen LogP contribution in [0.5, 0.6) is 0 Å². The molecular weight excluding hydrogens is 370 g/mol. The molecule has 1 saturated heterocycles. The molecular formula is C22H31N3O4. The zero-order valence-corrected chi connectivity index (χ0v) is 18.0. The first-order valence-corrected chi connectivity index (χ1v) is 10.1. The van der Waals surface area contributed by atoms with Crippen LogP contribution in [0.4, 0.5) is 4.79 Å². The van der Waals surface area contributed by atoms with E-state index < -0.39 is 5.60 Å². The van der Waals surface area contributed by atoms with Crippen LogP contribution in [0.2, 0.25) is 0 Å². The second-order valence-corrected chi connectivity index (χ2v) is 8.67. The van der Waals surface area contributed by atoms with Crippen molar-refractivity contribution < 1.29 is 18.7 Å². The maximum atomic E-state index is 13.0. The number of ether oxygens (including phenoxy) is 1. The molecule has 3 rings (SSSR count). The first-order valence-electron chi connectivity index (χ1n) is 10.1. The van der Waals surface area contributed by atoms with Crippen molar-refractivity contribution in [2.45, 2.75) is 58.7 Å². The van der Waals surface area contributed by atoms with E-state index in [2.05, 4.69) is 0 Å². The summed E-state index contributed by atoms with van der Waals surface area (Å²) in [7, 11) is 1.78. The third-order valence-corrected chi connectivity index (χ3v) is 5.04. The summed E-state index contributed by atoms with van der Waals surface area (Å²) in [6.07, 6.45) is 3.25. The number of hydrogen-bond acceptors (Lipinski definition) is 4. The van der Waals surface area contributed by atoms with Gasteiger partial charge < -0.3 is 23.5 Å². The monoisotopic (exact) mass is 401 g/mol. The Hall–Kier alpha value is -2.70. The highest BCUT2D eigenvalue weighted by atomic mass is 16.6. The number of amides is 2. The Morgan fingerprint density at radius 3 is 2.48 bits per heavy atom. The standard InChI is InChI=1S/C22H31N3O4/c1-16-8-9-18(28-16)15-23(5)20(26)19-7-6-12-25(19)17-10-13-24(14-11-17)21(27)29-22(2,3)4/h6-9,12,17H,10-11,13-15H2,1-5H3. The Labute approximate surface area is 172 Å². The lowest BCUT2D eigenvalue weighted by atomic mass is 10.0. The lowest BCUT2D eigenvalue weighted by molar-refractivity contribution is 0.0186. The van der Waals surface area contributed by atoms with Crippen LogP contribution in [-0.4, -0.2) is 52.1 Å². The molecule has 0 radical (unpaired) electrons. The summed E-state index contributed by atoms with van der Waals surface area (Å²) in [6.45, 7) is 9.16. The van der Waals surface area contributed by atoms with E-state index in [4.69, 9.17) is 9.15 Å². The van der Waals surface area contributed by atoms with Crippen LogP contribution in [0.3, 0.4) is 0 Å². The highest BCUT2D eigenvalue weighted by Gasteiger charge is 2.29. The van der Waals surface area contributed by atoms with Crippen molar-refractivity contribution in [1.29, 1.82) is 0 Å². The number of furan rings is 1. The number of carbonyl (C=O) groups excluding carboxylic acids is 2. The molecule has 0 spiro atoms. The lowest BCUT2D eigenvalue weighted by Crippen LogP contribution is -2.42. The number of hydrogen-bond donors (Lipinski definition) is 0. The van der Waals surface area contributed by atoms with Crippen molar-refractivity contribution >= 4 is 12.0 Å². The molecule has 0 aromatic carbocycles. The summed E-state index contributed by atoms with van der Waals surface area (Å²) in [5, 5.41) is 0. The normalized spacial score (nSPS) is 15.4. The molecule has 1 aliphatic heterocycles. The van der Waals surface area contributed by atoms with Crippen LogP contribution in [0, 0.1) is 6.92 Å². The Kier molecular flexibility index (Phi) is 6.05. The first-order chi connectivity index (χ1) is 13.6. The van der Waals surface area contributed by atoms with Gasteiger partial charge in [-0.3, -0.25) is 4.79 Å². The summed E-state index contributed by atoms with van der Waals surface area (Å²) in [5.41, 5.74) is 0.164. The molecule has 29 heavy (non-hydrogen) atoms. The molecule has 0 unspecified atom stereocenters. The molecule has 2 aromatic heterocycles. The van der Waals surface area contributed by atoms with Crippen LogP contribution >= 0.6 is 0 Å². The Morgan fingerprint density at radius 1 is 1.21 bits per heavy atom. The smallest absolute Gasteiger partial charge is 0.410 e. The summed E-state index contributed by atoms with van der Waals surface area (Å²) in [6, 6.07) is 7.73. The molecule has 0 atom stereocenters. The van der Waals surface area contributed by atoms with E-state index in [9.17, 15) is 9.59 Å². The number of aromatic nitrogens is 1. The zero-order chi connectivity index (χ0) is 21.2. The summed E-state index contributed by atoms with van der Waals surface area (Å²) >= 11 is 0. The van der Waals surface area contributed by atoms with E-state index in [1.54, 1.807) is 16.8 Å². The van der Waals surface area contributed by atoms with Gasteiger partial charge in [-0.25, -0.2) is 4.79 Å². The van der Waals surface area contributed by atoms with Crippen molar-refractivity contribution in [3.8, 4) is 0 Å². The average molecular weight is 402 g/mol. The zero-order valence-electron chi connectivity index (χ0n) is 18.0. The molecule has 0 N–H and O–H groups in total. The SMILES string of the molecule is Cc1ccc(CN(C)C(=O)c2cccn2C2CCN(C(=O)OC(C)(C)C)CC2)o1. The van der Waals surface area contributed by atoms with Gasteiger partial charge in [0.05, 0.1) is 6.54 Å². The molecule has 158 valence electrons. The first kappa shape index (κ1) is 21.0. The fourth-order valence-corrected chi connectivity index (χ4v) is 3.62. The van der Waals surface area contributed by atoms with Gasteiger partial charge in [0.25, 0.3) is 5.91 Å². The largest absolute Gasteiger partial charge is 0.464 e. The van der Waals surface area contributed by atoms with Gasteiger partial charge in [-0.1, -0.05) is 0 Å². The minimum atomic E-state index is -0.495. The summed E-state index contributed by atoms with van der Waals surface area (Å²) in [4.78, 5) is 28.7. The fraction of sp³-hybridized carbons (Fsp3) is 0.545. The Bertz CT molecular complexity index is 854. The van der Waals surface area contributed by atoms with Crippen molar-refractivity contribution in [3.63, 3.8) is 0 Å². The van der Waals surface area contributed by atoms with Crippen molar-refractivity contribution in [1.82, 2.24) is 14.4 Å². The van der Waals surface area contributed by atoms with E-state index in [1.165, 1.54) is 0 Å². The van der Waals surface area contributed by atoms with Crippen molar-refractivity contribution in [3.05, 3.63) is 47.7 Å². The number of carbonyl (C=O) groups is 2. The van der Waals surface area contributed by atoms with Gasteiger partial charge in [0, 0.05) is 32.4 Å². The molecule has 7 nitrogen and oxygen atoms in total. The quantitative estimate of drug-likeness (QED) is 0.769. The van der Waals surface area contributed by atoms with E-state index in [-0.39, 0.29) is 18.0 Å². The van der Waals surface area contributed by atoms with E-state index in [0.717, 1.165) is 24.4 Å². The predicted molar refractivity (Wildman–Crippen MR) is 110 cm³/mol. The van der Waals surface area contributed by atoms with E-state index >= 15 is 0 Å². The van der Waals surface area contributed by atoms with Gasteiger partial charge in [-0.15, -0.1) is 0 Å². The highest BCUT2D eigenvalue weighted by molar-refractivity contribution is 5.92. The van der Waals surface area contributed by atoms with Crippen LogP contribution < -0.4 is 0 Å². The second-order valence-electron chi connectivity index (χ2n) is 8.67. The number of nitrogens with zero attached hydrogens (tertiary/aromatic N) is 3. The van der Waals surface area contributed by atoms with Crippen LogP contribution in [0.25, 0.3) is 0 Å². The number of piperidine rings is 1. The van der Waals surface area contributed by atoms with Gasteiger partial charge in [0.1, 0.15) is 22.8 Å². The fourth-order valence-electron chi connectivity index (χ4n) is 3.62. The third kappa shape index (κ3) is 5.22. The second kappa shape index (κ2) is 8.35. The van der Waals surface area contributed by atoms with Crippen molar-refractivity contribution in [2.75, 3.05) is 20.1 Å². The number of rotatable bonds is 4. The predicted octanol–water partition coefficient (Wildman–Crippen LogP) is 4.23. The molecule has 0 aliphatic carbocycles. The van der Waals surface area contributed by atoms with Crippen LogP contribution in [0.15, 0.2) is 34.9 Å². The van der Waals surface area contributed by atoms with Gasteiger partial charge in [0.2, 0.25) is 0 Å². The summed E-state index contributed by atoms with van der Waals surface area (Å²) in [5.74, 6) is 1.56. The lowest BCUT2D eigenvalue weighted by Gasteiger charge is -2.34. The van der Waals surface area contributed by atoms with E-state index in [1.807, 2.05) is 62.7 Å². The molecule has 1 fully saturated rings. The Morgan fingerprint density at radius 2 is 1.90 bits per heavy atom. The number of likely N-dealkylation sites (tertiary alicyclic amines) is 1. The maximum absolute atomic E-state index is 13.0. The van der Waals surface area contributed by atoms with Gasteiger partial charge in [0.15, 0.2) is 0 Å². The minimum absolute atomic E-state index is 0.0429. The molecule has 7 heteroatoms. The van der Waals surface area contributed by atoms with Gasteiger partial charge in [-0.05, 0) is 64.8 Å². The third-order valence-electron chi connectivity index (χ3n) is 5.04. The maximum Gasteiger partial charge on any atom is 0.410 e. The Balaban J connectivity index is 1.61. The highest BCUT2D eigenvalue weighted by Crippen LogP contribution is 2.26. The van der Waals surface area contributed by atoms with Crippen LogP contribution in [-0.2, 0) is 11.3 Å². The van der Waals surface area contributed by atoms with E-state index in [0.29, 0.717) is 25.3 Å². The summed E-state index contributed by atoms with van der Waals surface area (Å²) < 4.78 is 13.1. The number of aryl methyl sites for hydroxylation is 1. The minimum Gasteiger partial charge on any atom is -0.464 e. The van der Waals surface area contributed by atoms with Crippen LogP contribution in [0.1, 0.15) is 61.7 Å². The molecule has 1 aliphatic rings. The molecule has 0 bridgehead atoms. The average Bonchev–Trinajstić information content (AvgIpc) is 3.29. The molecule has 3 heterocycles. The molecule has 0 saturated carbocycles. The van der Waals surface area contributed by atoms with Gasteiger partial charge >= 0.3 is 6.09 Å².